The minimum Gasteiger partial charge on any atom is -0.344 e. The number of nitrogens with zero attached hydrogens (tertiary/aromatic N) is 3. The van der Waals surface area contributed by atoms with Crippen molar-refractivity contribution >= 4 is 12.4 Å². The molecule has 4 nitrogen and oxygen atoms in total. The minimum absolute atomic E-state index is 0. The lowest BCUT2D eigenvalue weighted by Crippen LogP contribution is -1.95. The van der Waals surface area contributed by atoms with E-state index in [1.54, 1.807) is 0 Å². The molecule has 0 spiro atoms. The molecular formula is C24H25ClN4. The van der Waals surface area contributed by atoms with Crippen molar-refractivity contribution in [1.29, 1.82) is 0 Å². The van der Waals surface area contributed by atoms with Gasteiger partial charge in [-0.1, -0.05) is 78.0 Å². The van der Waals surface area contributed by atoms with Gasteiger partial charge in [-0.25, -0.2) is 4.68 Å². The minimum atomic E-state index is 0. The van der Waals surface area contributed by atoms with Crippen LogP contribution in [-0.2, 0) is 6.42 Å². The molecule has 1 aliphatic carbocycles. The summed E-state index contributed by atoms with van der Waals surface area (Å²) in [6, 6.07) is 29.7. The summed E-state index contributed by atoms with van der Waals surface area (Å²) in [7, 11) is 0. The Balaban J connectivity index is 0.00000120. The molecule has 148 valence electrons. The zero-order valence-electron chi connectivity index (χ0n) is 16.2. The van der Waals surface area contributed by atoms with Crippen LogP contribution in [0.3, 0.4) is 0 Å². The third-order valence-corrected chi connectivity index (χ3v) is 5.41. The van der Waals surface area contributed by atoms with E-state index in [2.05, 4.69) is 77.0 Å². The lowest BCUT2D eigenvalue weighted by Gasteiger charge is -2.04. The van der Waals surface area contributed by atoms with Gasteiger partial charge in [-0.2, -0.15) is 0 Å². The van der Waals surface area contributed by atoms with Crippen LogP contribution in [0.4, 0.5) is 0 Å². The molecule has 1 fully saturated rings. The lowest BCUT2D eigenvalue weighted by molar-refractivity contribution is 0.790. The number of rotatable bonds is 5. The first-order valence-corrected chi connectivity index (χ1v) is 9.49. The zero-order chi connectivity index (χ0) is 18.1. The van der Waals surface area contributed by atoms with Gasteiger partial charge in [0.25, 0.3) is 0 Å². The van der Waals surface area contributed by atoms with E-state index in [1.807, 2.05) is 29.1 Å². The summed E-state index contributed by atoms with van der Waals surface area (Å²) in [5.41, 5.74) is 5.90. The van der Waals surface area contributed by atoms with Crippen LogP contribution in [0.15, 0.2) is 91.1 Å². The SMILES string of the molecule is Cl.N.c1ccc(CC2CC2c2ccc(-n3cc(-c4ccccc4)nn3)cc2)cc1. The maximum absolute atomic E-state index is 4.30. The molecule has 1 aliphatic rings. The van der Waals surface area contributed by atoms with Gasteiger partial charge in [0.1, 0.15) is 5.69 Å². The Bertz CT molecular complexity index is 1030. The molecule has 5 heteroatoms. The van der Waals surface area contributed by atoms with E-state index >= 15 is 0 Å². The van der Waals surface area contributed by atoms with Gasteiger partial charge in [0.15, 0.2) is 0 Å². The topological polar surface area (TPSA) is 65.7 Å². The fourth-order valence-corrected chi connectivity index (χ4v) is 3.80. The number of benzene rings is 3. The second-order valence-electron chi connectivity index (χ2n) is 7.30. The summed E-state index contributed by atoms with van der Waals surface area (Å²) >= 11 is 0. The van der Waals surface area contributed by atoms with Gasteiger partial charge in [0.2, 0.25) is 0 Å². The van der Waals surface area contributed by atoms with E-state index in [0.717, 1.165) is 22.9 Å². The number of hydrogen-bond acceptors (Lipinski definition) is 3. The summed E-state index contributed by atoms with van der Waals surface area (Å²) in [6.45, 7) is 0. The number of halogens is 1. The molecule has 1 saturated carbocycles. The molecule has 0 amide bonds. The second-order valence-corrected chi connectivity index (χ2v) is 7.30. The summed E-state index contributed by atoms with van der Waals surface area (Å²) in [4.78, 5) is 0. The second kappa shape index (κ2) is 9.03. The zero-order valence-corrected chi connectivity index (χ0v) is 17.0. The van der Waals surface area contributed by atoms with E-state index in [9.17, 15) is 0 Å². The Kier molecular flexibility index (Phi) is 6.47. The van der Waals surface area contributed by atoms with Crippen LogP contribution in [0.2, 0.25) is 0 Å². The van der Waals surface area contributed by atoms with Crippen molar-refractivity contribution in [2.24, 2.45) is 5.92 Å². The largest absolute Gasteiger partial charge is 0.344 e. The Morgan fingerprint density at radius 2 is 1.48 bits per heavy atom. The van der Waals surface area contributed by atoms with Crippen molar-refractivity contribution in [3.63, 3.8) is 0 Å². The number of aromatic nitrogens is 3. The fourth-order valence-electron chi connectivity index (χ4n) is 3.80. The highest BCUT2D eigenvalue weighted by Crippen LogP contribution is 2.49. The molecule has 3 aromatic carbocycles. The van der Waals surface area contributed by atoms with Gasteiger partial charge in [0.05, 0.1) is 11.9 Å². The molecule has 0 bridgehead atoms. The first-order chi connectivity index (χ1) is 13.4. The van der Waals surface area contributed by atoms with Crippen LogP contribution in [0.25, 0.3) is 16.9 Å². The summed E-state index contributed by atoms with van der Waals surface area (Å²) < 4.78 is 1.85. The van der Waals surface area contributed by atoms with Gasteiger partial charge in [-0.3, -0.25) is 0 Å². The molecule has 4 aromatic rings. The molecule has 2 atom stereocenters. The molecule has 2 unspecified atom stereocenters. The van der Waals surface area contributed by atoms with Gasteiger partial charge in [-0.15, -0.1) is 17.5 Å². The first kappa shape index (κ1) is 20.8. The predicted octanol–water partition coefficient (Wildman–Crippen LogP) is 5.86. The van der Waals surface area contributed by atoms with Crippen LogP contribution in [0.1, 0.15) is 23.5 Å². The predicted molar refractivity (Wildman–Crippen MR) is 120 cm³/mol. The van der Waals surface area contributed by atoms with Gasteiger partial charge < -0.3 is 6.15 Å². The maximum Gasteiger partial charge on any atom is 0.113 e. The molecule has 0 saturated heterocycles. The van der Waals surface area contributed by atoms with Gasteiger partial charge >= 0.3 is 0 Å². The van der Waals surface area contributed by atoms with Crippen molar-refractivity contribution in [1.82, 2.24) is 21.1 Å². The van der Waals surface area contributed by atoms with Gasteiger partial charge in [0, 0.05) is 5.56 Å². The van der Waals surface area contributed by atoms with E-state index < -0.39 is 0 Å². The third-order valence-electron chi connectivity index (χ3n) is 5.41. The molecule has 0 aliphatic heterocycles. The van der Waals surface area contributed by atoms with Crippen molar-refractivity contribution in [3.8, 4) is 16.9 Å². The van der Waals surface area contributed by atoms with Crippen LogP contribution in [0, 0.1) is 5.92 Å². The Morgan fingerprint density at radius 3 is 2.17 bits per heavy atom. The number of hydrogen-bond donors (Lipinski definition) is 1. The summed E-state index contributed by atoms with van der Waals surface area (Å²) in [6.07, 6.45) is 4.45. The molecule has 3 N–H and O–H groups in total. The van der Waals surface area contributed by atoms with Crippen LogP contribution in [-0.4, -0.2) is 15.0 Å². The smallest absolute Gasteiger partial charge is 0.113 e. The summed E-state index contributed by atoms with van der Waals surface area (Å²) in [5, 5.41) is 8.59. The lowest BCUT2D eigenvalue weighted by atomic mass is 10.0. The quantitative estimate of drug-likeness (QED) is 0.452. The first-order valence-electron chi connectivity index (χ1n) is 9.49. The van der Waals surface area contributed by atoms with Gasteiger partial charge in [-0.05, 0) is 47.9 Å². The molecule has 0 radical (unpaired) electrons. The standard InChI is InChI=1S/C24H21N3.ClH.H3N/c1-3-7-18(8-4-1)15-21-16-23(21)19-11-13-22(14-12-19)27-17-24(25-26-27)20-9-5-2-6-10-20;;/h1-14,17,21,23H,15-16H2;1H;1H3. The third kappa shape index (κ3) is 4.56. The Labute approximate surface area is 177 Å². The molecule has 1 heterocycles. The van der Waals surface area contributed by atoms with Crippen molar-refractivity contribution in [2.45, 2.75) is 18.8 Å². The van der Waals surface area contributed by atoms with Crippen molar-refractivity contribution in [3.05, 3.63) is 102 Å². The van der Waals surface area contributed by atoms with E-state index in [4.69, 9.17) is 0 Å². The average Bonchev–Trinajstić information content (AvgIpc) is 3.32. The molecule has 29 heavy (non-hydrogen) atoms. The highest BCUT2D eigenvalue weighted by Gasteiger charge is 2.37. The summed E-state index contributed by atoms with van der Waals surface area (Å²) in [5.74, 6) is 1.46. The van der Waals surface area contributed by atoms with Crippen molar-refractivity contribution in [2.75, 3.05) is 0 Å². The Hall–Kier alpha value is -2.95. The van der Waals surface area contributed by atoms with Crippen LogP contribution >= 0.6 is 12.4 Å². The molecule has 1 aromatic heterocycles. The van der Waals surface area contributed by atoms with E-state index in [1.165, 1.54) is 24.0 Å². The molecular weight excluding hydrogens is 380 g/mol. The normalized spacial score (nSPS) is 17.1. The maximum atomic E-state index is 4.30. The van der Waals surface area contributed by atoms with E-state index in [0.29, 0.717) is 5.92 Å². The van der Waals surface area contributed by atoms with Crippen molar-refractivity contribution < 1.29 is 0 Å². The van der Waals surface area contributed by atoms with Crippen LogP contribution in [0.5, 0.6) is 0 Å². The highest BCUT2D eigenvalue weighted by molar-refractivity contribution is 5.85. The fraction of sp³-hybridized carbons (Fsp3) is 0.167. The Morgan fingerprint density at radius 1 is 0.828 bits per heavy atom. The molecule has 5 rings (SSSR count). The highest BCUT2D eigenvalue weighted by atomic mass is 35.5. The monoisotopic (exact) mass is 404 g/mol. The van der Waals surface area contributed by atoms with E-state index in [-0.39, 0.29) is 18.6 Å². The van der Waals surface area contributed by atoms with Crippen LogP contribution < -0.4 is 6.15 Å². The average molecular weight is 405 g/mol.